The molecule has 0 fully saturated rings. The fourth-order valence-corrected chi connectivity index (χ4v) is 14.0. The van der Waals surface area contributed by atoms with Crippen molar-refractivity contribution in [2.24, 2.45) is 22.9 Å². The molecular weight excluding hydrogens is 1470 g/mol. The number of hydrogen-bond acceptors (Lipinski definition) is 23. The van der Waals surface area contributed by atoms with Gasteiger partial charge in [0.15, 0.2) is 17.0 Å². The summed E-state index contributed by atoms with van der Waals surface area (Å²) in [6.07, 6.45) is 34.8. The number of ether oxygens (including phenoxy) is 2. The largest absolute Gasteiger partial charge is 0.480 e. The summed E-state index contributed by atoms with van der Waals surface area (Å²) in [7, 11) is 0. The Balaban J connectivity index is 1.77. The number of carboxylic acid groups (broad SMARTS) is 1. The zero-order valence-electron chi connectivity index (χ0n) is 68.5. The zero-order chi connectivity index (χ0) is 82.6. The summed E-state index contributed by atoms with van der Waals surface area (Å²) in [5.41, 5.74) is 31.5. The molecule has 30 nitrogen and oxygen atoms in total. The number of carbonyl (C=O) groups is 9. The van der Waals surface area contributed by atoms with E-state index in [1.54, 1.807) is 24.3 Å². The summed E-state index contributed by atoms with van der Waals surface area (Å²) >= 11 is 1.17. The summed E-state index contributed by atoms with van der Waals surface area (Å²) in [6, 6.07) is -1.82. The number of hydrogen-bond donors (Lipinski definition) is 15. The monoisotopic (exact) mass is 1610 g/mol. The highest BCUT2D eigenvalue weighted by atomic mass is 32.2. The topological polar surface area (TPSA) is 491 Å². The average molecular weight is 1610 g/mol. The molecule has 0 spiro atoms. The third kappa shape index (κ3) is 44.3. The van der Waals surface area contributed by atoms with E-state index in [1.165, 1.54) is 132 Å². The van der Waals surface area contributed by atoms with Gasteiger partial charge in [-0.25, -0.2) is 4.79 Å². The Morgan fingerprint density at radius 3 is 1.37 bits per heavy atom. The van der Waals surface area contributed by atoms with Crippen molar-refractivity contribution in [2.75, 3.05) is 68.5 Å². The SMILES string of the molecule is CCCCCCCCCCCCCCCC(=O)OCC(CSC[C@H](N)C(=O)N[C@@H](CO)C(=O)N[C@@H](CCCCNC(=O)c1ccc(Cn2c(O)nc3c(N)nc(NCCCC)nc32)cc1)C(=O)N[C@@H](CCCCN)C(=O)N[C@@H](CCCCN)C(=O)N[C@@H](CCCCN)C(=O)O)OC(=O)CCCCCCCCCCCCCCC. The van der Waals surface area contributed by atoms with Crippen LogP contribution in [0.15, 0.2) is 24.3 Å². The van der Waals surface area contributed by atoms with E-state index < -0.39 is 102 Å². The minimum atomic E-state index is -1.64. The molecule has 0 aliphatic rings. The van der Waals surface area contributed by atoms with Crippen molar-refractivity contribution < 1.29 is 67.9 Å². The predicted molar refractivity (Wildman–Crippen MR) is 446 cm³/mol. The number of aliphatic hydroxyl groups excluding tert-OH is 1. The van der Waals surface area contributed by atoms with Gasteiger partial charge in [-0.05, 0) is 134 Å². The third-order valence-electron chi connectivity index (χ3n) is 20.0. The summed E-state index contributed by atoms with van der Waals surface area (Å²) in [4.78, 5) is 136. The highest BCUT2D eigenvalue weighted by Crippen LogP contribution is 2.26. The number of rotatable bonds is 71. The fraction of sp³-hybridized carbons (Fsp3) is 0.756. The minimum absolute atomic E-state index is 0.0275. The molecule has 0 aliphatic carbocycles. The van der Waals surface area contributed by atoms with E-state index in [2.05, 4.69) is 72.9 Å². The molecule has 113 heavy (non-hydrogen) atoms. The first-order valence-electron chi connectivity index (χ1n) is 42.7. The van der Waals surface area contributed by atoms with Crippen LogP contribution in [-0.2, 0) is 54.4 Å². The van der Waals surface area contributed by atoms with Gasteiger partial charge in [-0.1, -0.05) is 193 Å². The summed E-state index contributed by atoms with van der Waals surface area (Å²) in [5.74, 6) is -6.23. The zero-order valence-corrected chi connectivity index (χ0v) is 69.4. The Morgan fingerprint density at radius 1 is 0.487 bits per heavy atom. The number of nitrogens with one attached hydrogen (secondary N) is 7. The lowest BCUT2D eigenvalue weighted by molar-refractivity contribution is -0.157. The highest BCUT2D eigenvalue weighted by Gasteiger charge is 2.33. The number of aromatic nitrogens is 4. The van der Waals surface area contributed by atoms with Crippen molar-refractivity contribution in [3.05, 3.63) is 35.4 Å². The summed E-state index contributed by atoms with van der Waals surface area (Å²) in [6.45, 7) is 7.12. The molecule has 642 valence electrons. The van der Waals surface area contributed by atoms with E-state index in [-0.39, 0.29) is 113 Å². The molecule has 1 aromatic carbocycles. The second-order valence-electron chi connectivity index (χ2n) is 29.9. The Kier molecular flexibility index (Phi) is 55.5. The number of nitrogens with zero attached hydrogens (tertiary/aromatic N) is 4. The van der Waals surface area contributed by atoms with Gasteiger partial charge in [0.2, 0.25) is 35.5 Å². The van der Waals surface area contributed by atoms with Crippen LogP contribution in [-0.4, -0.2) is 188 Å². The van der Waals surface area contributed by atoms with Crippen LogP contribution >= 0.6 is 11.8 Å². The van der Waals surface area contributed by atoms with Crippen molar-refractivity contribution in [3.63, 3.8) is 0 Å². The number of amides is 6. The lowest BCUT2D eigenvalue weighted by atomic mass is 10.0. The van der Waals surface area contributed by atoms with E-state index in [1.807, 2.05) is 0 Å². The molecule has 0 radical (unpaired) electrons. The van der Waals surface area contributed by atoms with Crippen LogP contribution in [0, 0.1) is 0 Å². The Bertz CT molecular complexity index is 3150. The Morgan fingerprint density at radius 2 is 0.912 bits per heavy atom. The number of aromatic hydroxyl groups is 1. The fourth-order valence-electron chi connectivity index (χ4n) is 13.0. The van der Waals surface area contributed by atoms with Gasteiger partial charge in [-0.2, -0.15) is 26.7 Å². The number of nitrogen functional groups attached to an aromatic ring is 1. The second-order valence-corrected chi connectivity index (χ2v) is 31.0. The molecule has 3 aromatic rings. The molecule has 31 heteroatoms. The van der Waals surface area contributed by atoms with Crippen molar-refractivity contribution in [2.45, 2.75) is 339 Å². The molecule has 6 amide bonds. The van der Waals surface area contributed by atoms with Crippen LogP contribution in [0.3, 0.4) is 0 Å². The molecule has 0 saturated carbocycles. The van der Waals surface area contributed by atoms with Crippen LogP contribution in [0.25, 0.3) is 11.2 Å². The van der Waals surface area contributed by atoms with Gasteiger partial charge in [0.05, 0.1) is 19.2 Å². The lowest BCUT2D eigenvalue weighted by Crippen LogP contribution is -2.59. The molecule has 1 unspecified atom stereocenters. The number of imidazole rings is 1. The van der Waals surface area contributed by atoms with Crippen molar-refractivity contribution in [1.82, 2.24) is 51.4 Å². The molecule has 0 saturated heterocycles. The van der Waals surface area contributed by atoms with Crippen LogP contribution < -0.4 is 65.9 Å². The molecule has 0 aliphatic heterocycles. The van der Waals surface area contributed by atoms with Crippen LogP contribution in [0.2, 0.25) is 0 Å². The maximum Gasteiger partial charge on any atom is 0.326 e. The molecule has 20 N–H and O–H groups in total. The minimum Gasteiger partial charge on any atom is -0.480 e. The normalized spacial score (nSPS) is 13.2. The first-order chi connectivity index (χ1) is 54.7. The smallest absolute Gasteiger partial charge is 0.326 e. The van der Waals surface area contributed by atoms with Gasteiger partial charge >= 0.3 is 17.9 Å². The van der Waals surface area contributed by atoms with E-state index in [0.29, 0.717) is 87.2 Å². The maximum absolute atomic E-state index is 14.7. The Hall–Kier alpha value is -7.45. The number of nitrogens with two attached hydrogens (primary N) is 5. The quantitative estimate of drug-likeness (QED) is 0.0185. The van der Waals surface area contributed by atoms with Gasteiger partial charge in [-0.3, -0.25) is 42.9 Å². The summed E-state index contributed by atoms with van der Waals surface area (Å²) in [5, 5.41) is 50.6. The average Bonchev–Trinajstić information content (AvgIpc) is 1.64. The number of fused-ring (bicyclic) bond motifs is 1. The standard InChI is InChI=1S/C82H144N16O14S/c1-4-7-10-12-14-16-18-20-22-24-26-28-30-44-69(100)111-57-62(112-70(101)45-31-29-27-25-23-21-19-17-15-13-11-8-5-2)58-113-59-63(86)75(103)94-68(56-99)79(107)92-66(77(105)90-64(40-32-36-50-83)76(104)91-65(41-33-37-51-84)78(106)93-67(80(108)109)43-34-38-52-85)42-35-39-54-88-74(102)61-48-46-60(47-49-61)55-98-73-71(95-82(98)110)72(87)96-81(97-73)89-53-9-6-3/h46-49,62-68,99H,4-45,50-59,83-86H2,1-3H3,(H,88,102)(H,90,105)(H,91,104)(H,92,107)(H,93,106)(H,94,103)(H,95,110)(H,108,109)(H3,87,89,96,97)/t62?,63-,64-,65-,66-,67-,68-/m0/s1. The van der Waals surface area contributed by atoms with Gasteiger partial charge in [0.25, 0.3) is 11.9 Å². The Labute approximate surface area is 676 Å². The molecule has 3 rings (SSSR count). The van der Waals surface area contributed by atoms with Crippen molar-refractivity contribution in [3.8, 4) is 6.01 Å². The van der Waals surface area contributed by atoms with E-state index >= 15 is 0 Å². The number of carbonyl (C=O) groups excluding carboxylic acids is 8. The van der Waals surface area contributed by atoms with Crippen LogP contribution in [0.1, 0.15) is 306 Å². The number of esters is 2. The maximum atomic E-state index is 14.7. The van der Waals surface area contributed by atoms with E-state index in [0.717, 1.165) is 51.4 Å². The molecule has 7 atom stereocenters. The molecule has 2 heterocycles. The highest BCUT2D eigenvalue weighted by molar-refractivity contribution is 7.99. The van der Waals surface area contributed by atoms with Crippen LogP contribution in [0.4, 0.5) is 11.8 Å². The van der Waals surface area contributed by atoms with Gasteiger partial charge in [0, 0.05) is 43.0 Å². The number of thioether (sulfide) groups is 1. The van der Waals surface area contributed by atoms with Crippen LogP contribution in [0.5, 0.6) is 6.01 Å². The molecule has 0 bridgehead atoms. The number of carboxylic acids is 1. The third-order valence-corrected chi connectivity index (χ3v) is 21.2. The lowest BCUT2D eigenvalue weighted by Gasteiger charge is -2.27. The molecule has 2 aromatic heterocycles. The first-order valence-corrected chi connectivity index (χ1v) is 43.9. The number of aliphatic carboxylic acids is 1. The first kappa shape index (κ1) is 99.7. The number of unbranched alkanes of at least 4 members (excludes halogenated alkanes) is 29. The number of benzene rings is 1. The predicted octanol–water partition coefficient (Wildman–Crippen LogP) is 9.64. The van der Waals surface area contributed by atoms with E-state index in [9.17, 15) is 58.5 Å². The van der Waals surface area contributed by atoms with Gasteiger partial charge < -0.3 is 90.7 Å². The van der Waals surface area contributed by atoms with E-state index in [4.69, 9.17) is 38.1 Å². The van der Waals surface area contributed by atoms with Gasteiger partial charge in [-0.15, -0.1) is 0 Å². The summed E-state index contributed by atoms with van der Waals surface area (Å²) < 4.78 is 13.1. The second kappa shape index (κ2) is 62.9. The van der Waals surface area contributed by atoms with Crippen molar-refractivity contribution in [1.29, 1.82) is 0 Å². The van der Waals surface area contributed by atoms with Crippen molar-refractivity contribution >= 4 is 88.0 Å². The van der Waals surface area contributed by atoms with Gasteiger partial charge in [0.1, 0.15) is 42.9 Å². The molecular formula is C82H144N16O14S. The number of aliphatic hydroxyl groups is 1. The number of anilines is 2.